The summed E-state index contributed by atoms with van der Waals surface area (Å²) in [6.07, 6.45) is 1.46. The van der Waals surface area contributed by atoms with E-state index in [1.807, 2.05) is 51.3 Å². The van der Waals surface area contributed by atoms with Gasteiger partial charge in [-0.25, -0.2) is 4.79 Å². The Morgan fingerprint density at radius 2 is 1.96 bits per heavy atom. The zero-order valence-corrected chi connectivity index (χ0v) is 19.5. The smallest absolute Gasteiger partial charge is 0.341 e. The molecule has 6 nitrogen and oxygen atoms in total. The number of benzene rings is 2. The highest BCUT2D eigenvalue weighted by Crippen LogP contribution is 2.30. The third-order valence-electron chi connectivity index (χ3n) is 3.55. The molecule has 0 aliphatic carbocycles. The summed E-state index contributed by atoms with van der Waals surface area (Å²) in [4.78, 5) is 23.2. The van der Waals surface area contributed by atoms with Gasteiger partial charge in [0, 0.05) is 10.7 Å². The van der Waals surface area contributed by atoms with Crippen LogP contribution in [0.1, 0.15) is 11.1 Å². The molecule has 2 N–H and O–H groups in total. The zero-order chi connectivity index (χ0) is 20.8. The second-order valence-electron chi connectivity index (χ2n) is 5.53. The van der Waals surface area contributed by atoms with Crippen LogP contribution in [-0.2, 0) is 9.59 Å². The van der Waals surface area contributed by atoms with Crippen molar-refractivity contribution < 1.29 is 19.4 Å². The Morgan fingerprint density at radius 3 is 2.54 bits per heavy atom. The van der Waals surface area contributed by atoms with Gasteiger partial charge in [-0.2, -0.15) is 5.26 Å². The maximum Gasteiger partial charge on any atom is 0.341 e. The number of nitrogens with zero attached hydrogens (tertiary/aromatic N) is 1. The molecular weight excluding hydrogens is 609 g/mol. The van der Waals surface area contributed by atoms with Gasteiger partial charge in [-0.1, -0.05) is 17.7 Å². The van der Waals surface area contributed by atoms with Gasteiger partial charge in [-0.05, 0) is 93.6 Å². The van der Waals surface area contributed by atoms with Crippen molar-refractivity contribution in [1.29, 1.82) is 5.26 Å². The SMILES string of the molecule is Cc1c(Cl)cccc1NC(=O)/C(C#N)=C\c1cc(I)c(OCC(=O)O)c(I)c1. The van der Waals surface area contributed by atoms with Crippen LogP contribution >= 0.6 is 56.8 Å². The molecule has 0 fully saturated rings. The van der Waals surface area contributed by atoms with E-state index in [2.05, 4.69) is 5.32 Å². The summed E-state index contributed by atoms with van der Waals surface area (Å²) in [7, 11) is 0. The highest BCUT2D eigenvalue weighted by atomic mass is 127. The molecule has 0 saturated carbocycles. The first-order valence-electron chi connectivity index (χ1n) is 7.74. The molecule has 0 aromatic heterocycles. The van der Waals surface area contributed by atoms with Crippen LogP contribution in [0.3, 0.4) is 0 Å². The van der Waals surface area contributed by atoms with Crippen molar-refractivity contribution >= 4 is 80.4 Å². The molecule has 0 atom stereocenters. The van der Waals surface area contributed by atoms with Gasteiger partial charge < -0.3 is 15.2 Å². The number of carbonyl (C=O) groups is 2. The highest BCUT2D eigenvalue weighted by Gasteiger charge is 2.14. The molecule has 0 unspecified atom stereocenters. The molecular formula is C19H13ClI2N2O4. The summed E-state index contributed by atoms with van der Waals surface area (Å²) in [6, 6.07) is 10.4. The van der Waals surface area contributed by atoms with Crippen molar-refractivity contribution in [2.75, 3.05) is 11.9 Å². The molecule has 0 bridgehead atoms. The van der Waals surface area contributed by atoms with E-state index in [0.29, 0.717) is 34.7 Å². The molecule has 0 spiro atoms. The summed E-state index contributed by atoms with van der Waals surface area (Å²) in [6.45, 7) is 1.32. The average molecular weight is 623 g/mol. The molecule has 2 rings (SSSR count). The van der Waals surface area contributed by atoms with Crippen LogP contribution in [0.5, 0.6) is 5.75 Å². The minimum Gasteiger partial charge on any atom is -0.480 e. The van der Waals surface area contributed by atoms with Crippen LogP contribution in [0.4, 0.5) is 5.69 Å². The summed E-state index contributed by atoms with van der Waals surface area (Å²) >= 11 is 10.1. The first kappa shape index (κ1) is 22.4. The quantitative estimate of drug-likeness (QED) is 0.272. The Labute approximate surface area is 193 Å². The van der Waals surface area contributed by atoms with Crippen LogP contribution < -0.4 is 10.1 Å². The number of ether oxygens (including phenoxy) is 1. The number of anilines is 1. The number of hydrogen-bond donors (Lipinski definition) is 2. The number of nitriles is 1. The molecule has 28 heavy (non-hydrogen) atoms. The van der Waals surface area contributed by atoms with Gasteiger partial charge in [-0.15, -0.1) is 0 Å². The Balaban J connectivity index is 2.28. The van der Waals surface area contributed by atoms with E-state index in [1.165, 1.54) is 6.08 Å². The standard InChI is InChI=1S/C19H13ClI2N2O4/c1-10-13(20)3-2-4-16(10)24-19(27)12(8-23)5-11-6-14(21)18(15(22)7-11)28-9-17(25)26/h2-7H,9H2,1H3,(H,24,27)(H,25,26)/b12-5-. The molecule has 1 amide bonds. The van der Waals surface area contributed by atoms with Crippen molar-refractivity contribution in [3.63, 3.8) is 0 Å². The van der Waals surface area contributed by atoms with E-state index in [9.17, 15) is 14.9 Å². The number of amides is 1. The molecule has 2 aromatic carbocycles. The molecule has 0 radical (unpaired) electrons. The zero-order valence-electron chi connectivity index (χ0n) is 14.4. The first-order chi connectivity index (χ1) is 13.2. The van der Waals surface area contributed by atoms with Gasteiger partial charge in [0.1, 0.15) is 17.4 Å². The fourth-order valence-corrected chi connectivity index (χ4v) is 4.48. The Hall–Kier alpha value is -1.84. The molecule has 0 aliphatic heterocycles. The van der Waals surface area contributed by atoms with E-state index in [4.69, 9.17) is 21.4 Å². The third-order valence-corrected chi connectivity index (χ3v) is 5.56. The number of carboxylic acids is 1. The van der Waals surface area contributed by atoms with E-state index in [1.54, 1.807) is 37.3 Å². The summed E-state index contributed by atoms with van der Waals surface area (Å²) < 4.78 is 6.61. The summed E-state index contributed by atoms with van der Waals surface area (Å²) in [5.74, 6) is -1.18. The van der Waals surface area contributed by atoms with E-state index in [-0.39, 0.29) is 5.57 Å². The van der Waals surface area contributed by atoms with Crippen LogP contribution in [0.15, 0.2) is 35.9 Å². The lowest BCUT2D eigenvalue weighted by Gasteiger charge is -2.11. The van der Waals surface area contributed by atoms with Crippen molar-refractivity contribution in [3.05, 3.63) is 59.2 Å². The molecule has 9 heteroatoms. The minimum atomic E-state index is -1.07. The number of hydrogen-bond acceptors (Lipinski definition) is 4. The summed E-state index contributed by atoms with van der Waals surface area (Å²) in [5.41, 5.74) is 1.77. The molecule has 2 aromatic rings. The normalized spacial score (nSPS) is 10.9. The predicted octanol–water partition coefficient (Wildman–Crippen LogP) is 4.87. The number of carbonyl (C=O) groups excluding carboxylic acids is 1. The second kappa shape index (κ2) is 10.1. The maximum atomic E-state index is 12.5. The monoisotopic (exact) mass is 622 g/mol. The first-order valence-corrected chi connectivity index (χ1v) is 10.3. The van der Waals surface area contributed by atoms with Gasteiger partial charge in [0.15, 0.2) is 6.61 Å². The maximum absolute atomic E-state index is 12.5. The molecule has 0 aliphatic rings. The van der Waals surface area contributed by atoms with Crippen molar-refractivity contribution in [1.82, 2.24) is 0 Å². The van der Waals surface area contributed by atoms with Crippen molar-refractivity contribution in [2.24, 2.45) is 0 Å². The van der Waals surface area contributed by atoms with E-state index in [0.717, 1.165) is 0 Å². The topological polar surface area (TPSA) is 99.4 Å². The van der Waals surface area contributed by atoms with Gasteiger partial charge in [0.2, 0.25) is 0 Å². The van der Waals surface area contributed by atoms with Crippen LogP contribution in [0.2, 0.25) is 5.02 Å². The Morgan fingerprint density at radius 1 is 1.32 bits per heavy atom. The Bertz CT molecular complexity index is 992. The number of aliphatic carboxylic acids is 1. The number of rotatable bonds is 6. The summed E-state index contributed by atoms with van der Waals surface area (Å²) in [5, 5.41) is 21.4. The van der Waals surface area contributed by atoms with Crippen molar-refractivity contribution in [3.8, 4) is 11.8 Å². The van der Waals surface area contributed by atoms with Crippen LogP contribution in [0.25, 0.3) is 6.08 Å². The molecule has 0 heterocycles. The largest absolute Gasteiger partial charge is 0.480 e. The lowest BCUT2D eigenvalue weighted by Crippen LogP contribution is -2.14. The number of nitrogens with one attached hydrogen (secondary N) is 1. The van der Waals surface area contributed by atoms with Gasteiger partial charge in [0.05, 0.1) is 7.14 Å². The third kappa shape index (κ3) is 5.83. The highest BCUT2D eigenvalue weighted by molar-refractivity contribution is 14.1. The van der Waals surface area contributed by atoms with Crippen LogP contribution in [0, 0.1) is 25.4 Å². The van der Waals surface area contributed by atoms with Gasteiger partial charge in [-0.3, -0.25) is 4.79 Å². The number of halogens is 3. The predicted molar refractivity (Wildman–Crippen MR) is 123 cm³/mol. The lowest BCUT2D eigenvalue weighted by atomic mass is 10.1. The fraction of sp³-hybridized carbons (Fsp3) is 0.105. The molecule has 0 saturated heterocycles. The molecule has 144 valence electrons. The Kier molecular flexibility index (Phi) is 8.09. The average Bonchev–Trinajstić information content (AvgIpc) is 2.62. The number of carboxylic acid groups (broad SMARTS) is 1. The van der Waals surface area contributed by atoms with E-state index < -0.39 is 18.5 Å². The second-order valence-corrected chi connectivity index (χ2v) is 8.26. The lowest BCUT2D eigenvalue weighted by molar-refractivity contribution is -0.139. The van der Waals surface area contributed by atoms with Gasteiger partial charge >= 0.3 is 5.97 Å². The van der Waals surface area contributed by atoms with E-state index >= 15 is 0 Å². The van der Waals surface area contributed by atoms with Gasteiger partial charge in [0.25, 0.3) is 5.91 Å². The fourth-order valence-electron chi connectivity index (χ4n) is 2.18. The van der Waals surface area contributed by atoms with Crippen LogP contribution in [-0.4, -0.2) is 23.6 Å². The minimum absolute atomic E-state index is 0.0785. The van der Waals surface area contributed by atoms with Crippen molar-refractivity contribution in [2.45, 2.75) is 6.92 Å².